The lowest BCUT2D eigenvalue weighted by Crippen LogP contribution is -2.63. The molecule has 1 fully saturated rings. The van der Waals surface area contributed by atoms with Crippen LogP contribution in [0.2, 0.25) is 0 Å². The molecule has 43 heavy (non-hydrogen) atoms. The van der Waals surface area contributed by atoms with E-state index in [1.165, 1.54) is 4.90 Å². The van der Waals surface area contributed by atoms with Gasteiger partial charge in [-0.25, -0.2) is 4.79 Å². The van der Waals surface area contributed by atoms with Gasteiger partial charge in [-0.3, -0.25) is 4.79 Å². The SMILES string of the molecule is NC1CN(C(C(=O)OC(c2ccccc2)c2ccccc2)c2ccc(OC(c3ccccc3)c3ccccc3)cc2)C1=O. The van der Waals surface area contributed by atoms with E-state index in [0.717, 1.165) is 22.3 Å². The Bertz CT molecular complexity index is 1570. The number of nitrogens with two attached hydrogens (primary N) is 1. The fraction of sp³-hybridized carbons (Fsp3) is 0.135. The normalized spacial score (nSPS) is 15.2. The molecule has 0 aliphatic carbocycles. The van der Waals surface area contributed by atoms with Crippen LogP contribution in [0.15, 0.2) is 146 Å². The van der Waals surface area contributed by atoms with Crippen molar-refractivity contribution in [1.29, 1.82) is 0 Å². The van der Waals surface area contributed by atoms with Crippen LogP contribution in [0.4, 0.5) is 0 Å². The summed E-state index contributed by atoms with van der Waals surface area (Å²) >= 11 is 0. The van der Waals surface area contributed by atoms with E-state index in [0.29, 0.717) is 11.3 Å². The highest BCUT2D eigenvalue weighted by Crippen LogP contribution is 2.35. The van der Waals surface area contributed by atoms with Crippen molar-refractivity contribution in [1.82, 2.24) is 4.90 Å². The minimum Gasteiger partial charge on any atom is -0.481 e. The van der Waals surface area contributed by atoms with Gasteiger partial charge in [0.2, 0.25) is 5.91 Å². The molecule has 5 aromatic rings. The molecular weight excluding hydrogens is 536 g/mol. The second kappa shape index (κ2) is 12.8. The maximum absolute atomic E-state index is 13.9. The molecule has 1 aliphatic heterocycles. The van der Waals surface area contributed by atoms with Gasteiger partial charge in [-0.2, -0.15) is 0 Å². The number of amides is 1. The standard InChI is InChI=1S/C37H32N2O4/c38-32-25-39(36(32)40)33(37(41)43-35(29-17-9-3-10-18-29)30-19-11-4-12-20-30)26-21-23-31(24-22-26)42-34(27-13-5-1-6-14-27)28-15-7-2-8-16-28/h1-24,32-35H,25,38H2. The molecule has 1 amide bonds. The first-order valence-corrected chi connectivity index (χ1v) is 14.3. The zero-order valence-electron chi connectivity index (χ0n) is 23.5. The highest BCUT2D eigenvalue weighted by atomic mass is 16.5. The molecule has 6 heteroatoms. The topological polar surface area (TPSA) is 81.9 Å². The van der Waals surface area contributed by atoms with E-state index in [-0.39, 0.29) is 18.6 Å². The maximum Gasteiger partial charge on any atom is 0.334 e. The van der Waals surface area contributed by atoms with Crippen molar-refractivity contribution in [2.24, 2.45) is 5.73 Å². The number of esters is 1. The van der Waals surface area contributed by atoms with Crippen LogP contribution in [0.25, 0.3) is 0 Å². The molecule has 1 saturated heterocycles. The van der Waals surface area contributed by atoms with E-state index in [2.05, 4.69) is 0 Å². The molecule has 0 bridgehead atoms. The van der Waals surface area contributed by atoms with Crippen LogP contribution in [0.5, 0.6) is 5.75 Å². The Morgan fingerprint density at radius 3 is 1.42 bits per heavy atom. The summed E-state index contributed by atoms with van der Waals surface area (Å²) in [5, 5.41) is 0. The number of likely N-dealkylation sites (tertiary alicyclic amines) is 1. The largest absolute Gasteiger partial charge is 0.481 e. The number of ether oxygens (including phenoxy) is 2. The van der Waals surface area contributed by atoms with Gasteiger partial charge in [-0.1, -0.05) is 133 Å². The van der Waals surface area contributed by atoms with Gasteiger partial charge in [0.1, 0.15) is 17.9 Å². The quantitative estimate of drug-likeness (QED) is 0.156. The van der Waals surface area contributed by atoms with Gasteiger partial charge < -0.3 is 20.1 Å². The number of β-lactam (4-membered cyclic amide) rings is 1. The van der Waals surface area contributed by atoms with E-state index in [1.54, 1.807) is 0 Å². The molecule has 2 unspecified atom stereocenters. The van der Waals surface area contributed by atoms with Gasteiger partial charge in [0.25, 0.3) is 0 Å². The van der Waals surface area contributed by atoms with Crippen LogP contribution in [0.1, 0.15) is 46.1 Å². The van der Waals surface area contributed by atoms with Crippen LogP contribution in [-0.2, 0) is 14.3 Å². The van der Waals surface area contributed by atoms with Gasteiger partial charge in [-0.15, -0.1) is 0 Å². The van der Waals surface area contributed by atoms with Gasteiger partial charge in [0.15, 0.2) is 12.1 Å². The van der Waals surface area contributed by atoms with E-state index < -0.39 is 24.2 Å². The van der Waals surface area contributed by atoms with Gasteiger partial charge in [-0.05, 0) is 39.9 Å². The lowest BCUT2D eigenvalue weighted by atomic mass is 9.97. The third kappa shape index (κ3) is 6.20. The third-order valence-corrected chi connectivity index (χ3v) is 7.62. The number of rotatable bonds is 10. The molecule has 2 atom stereocenters. The van der Waals surface area contributed by atoms with Crippen molar-refractivity contribution in [3.8, 4) is 5.75 Å². The van der Waals surface area contributed by atoms with Crippen molar-refractivity contribution in [2.45, 2.75) is 24.3 Å². The van der Waals surface area contributed by atoms with Crippen LogP contribution >= 0.6 is 0 Å². The third-order valence-electron chi connectivity index (χ3n) is 7.62. The van der Waals surface area contributed by atoms with E-state index in [4.69, 9.17) is 15.2 Å². The summed E-state index contributed by atoms with van der Waals surface area (Å²) in [6.45, 7) is 0.266. The summed E-state index contributed by atoms with van der Waals surface area (Å²) in [7, 11) is 0. The molecule has 1 heterocycles. The van der Waals surface area contributed by atoms with Gasteiger partial charge in [0.05, 0.1) is 0 Å². The van der Waals surface area contributed by atoms with Crippen molar-refractivity contribution in [2.75, 3.05) is 6.54 Å². The maximum atomic E-state index is 13.9. The number of carbonyl (C=O) groups is 2. The number of benzene rings is 5. The summed E-state index contributed by atoms with van der Waals surface area (Å²) in [6, 6.07) is 44.9. The molecular formula is C37H32N2O4. The number of carbonyl (C=O) groups excluding carboxylic acids is 2. The van der Waals surface area contributed by atoms with Crippen molar-refractivity contribution in [3.63, 3.8) is 0 Å². The Hall–Kier alpha value is -5.20. The van der Waals surface area contributed by atoms with E-state index >= 15 is 0 Å². The zero-order valence-corrected chi connectivity index (χ0v) is 23.5. The smallest absolute Gasteiger partial charge is 0.334 e. The number of nitrogens with zero attached hydrogens (tertiary/aromatic N) is 1. The first-order chi connectivity index (χ1) is 21.1. The molecule has 5 aromatic carbocycles. The molecule has 0 radical (unpaired) electrons. The monoisotopic (exact) mass is 568 g/mol. The van der Waals surface area contributed by atoms with Crippen LogP contribution in [-0.4, -0.2) is 29.4 Å². The second-order valence-corrected chi connectivity index (χ2v) is 10.5. The number of hydrogen-bond acceptors (Lipinski definition) is 5. The lowest BCUT2D eigenvalue weighted by molar-refractivity contribution is -0.164. The van der Waals surface area contributed by atoms with E-state index in [1.807, 2.05) is 146 Å². The highest BCUT2D eigenvalue weighted by Gasteiger charge is 2.43. The predicted molar refractivity (Wildman–Crippen MR) is 165 cm³/mol. The first kappa shape index (κ1) is 27.9. The van der Waals surface area contributed by atoms with Crippen LogP contribution in [0, 0.1) is 0 Å². The Morgan fingerprint density at radius 1 is 0.605 bits per heavy atom. The molecule has 214 valence electrons. The molecule has 1 aliphatic rings. The Kier molecular flexibility index (Phi) is 8.29. The molecule has 2 N–H and O–H groups in total. The molecule has 6 nitrogen and oxygen atoms in total. The summed E-state index contributed by atoms with van der Waals surface area (Å²) in [6.07, 6.45) is -0.955. The van der Waals surface area contributed by atoms with Crippen molar-refractivity contribution < 1.29 is 19.1 Å². The summed E-state index contributed by atoms with van der Waals surface area (Å²) in [4.78, 5) is 28.2. The van der Waals surface area contributed by atoms with Gasteiger partial charge >= 0.3 is 5.97 Å². The average molecular weight is 569 g/mol. The minimum absolute atomic E-state index is 0.266. The lowest BCUT2D eigenvalue weighted by Gasteiger charge is -2.41. The zero-order chi connectivity index (χ0) is 29.6. The minimum atomic E-state index is -0.949. The molecule has 0 spiro atoms. The molecule has 6 rings (SSSR count). The first-order valence-electron chi connectivity index (χ1n) is 14.3. The summed E-state index contributed by atoms with van der Waals surface area (Å²) in [5.74, 6) is -0.184. The Morgan fingerprint density at radius 2 is 1.02 bits per heavy atom. The van der Waals surface area contributed by atoms with Gasteiger partial charge in [0, 0.05) is 6.54 Å². The molecule has 0 saturated carbocycles. The summed E-state index contributed by atoms with van der Waals surface area (Å²) < 4.78 is 12.7. The Labute approximate surface area is 251 Å². The fourth-order valence-corrected chi connectivity index (χ4v) is 5.37. The van der Waals surface area contributed by atoms with Crippen LogP contribution < -0.4 is 10.5 Å². The predicted octanol–water partition coefficient (Wildman–Crippen LogP) is 6.40. The Balaban J connectivity index is 1.28. The van der Waals surface area contributed by atoms with Crippen LogP contribution in [0.3, 0.4) is 0 Å². The number of hydrogen-bond donors (Lipinski definition) is 1. The van der Waals surface area contributed by atoms with Crippen molar-refractivity contribution in [3.05, 3.63) is 173 Å². The molecule has 0 aromatic heterocycles. The van der Waals surface area contributed by atoms with E-state index in [9.17, 15) is 9.59 Å². The van der Waals surface area contributed by atoms with Crippen molar-refractivity contribution >= 4 is 11.9 Å². The average Bonchev–Trinajstić information content (AvgIpc) is 3.08. The fourth-order valence-electron chi connectivity index (χ4n) is 5.37. The highest BCUT2D eigenvalue weighted by molar-refractivity contribution is 5.93. The summed E-state index contributed by atoms with van der Waals surface area (Å²) in [5.41, 5.74) is 10.3. The second-order valence-electron chi connectivity index (χ2n) is 10.5.